The van der Waals surface area contributed by atoms with E-state index in [0.29, 0.717) is 17.9 Å². The molecule has 0 aliphatic carbocycles. The number of fused-ring (bicyclic) bond motifs is 1. The molecule has 1 atom stereocenters. The van der Waals surface area contributed by atoms with Crippen molar-refractivity contribution in [1.29, 1.82) is 0 Å². The predicted molar refractivity (Wildman–Crippen MR) is 109 cm³/mol. The standard InChI is InChI=1S/C21H19N3O2S/c1-25-15-7-8-16(21-23-17-9-10-22-13-18(17)24-21)19(12-15)26-20(27)11-14-5-3-2-4-6-14/h2-10,12-13,20,27H,11H2,1H3,(H,23,24). The second kappa shape index (κ2) is 7.72. The minimum atomic E-state index is -0.302. The van der Waals surface area contributed by atoms with Crippen molar-refractivity contribution in [3.63, 3.8) is 0 Å². The number of H-pyrrole nitrogens is 1. The van der Waals surface area contributed by atoms with Crippen molar-refractivity contribution in [3.8, 4) is 22.9 Å². The number of rotatable bonds is 6. The molecule has 2 aromatic heterocycles. The molecule has 27 heavy (non-hydrogen) atoms. The van der Waals surface area contributed by atoms with Gasteiger partial charge >= 0.3 is 0 Å². The third-order valence-electron chi connectivity index (χ3n) is 4.25. The van der Waals surface area contributed by atoms with Crippen LogP contribution in [0.25, 0.3) is 22.4 Å². The highest BCUT2D eigenvalue weighted by atomic mass is 32.1. The molecule has 0 aliphatic rings. The number of pyridine rings is 1. The molecule has 0 fully saturated rings. The van der Waals surface area contributed by atoms with Gasteiger partial charge in [-0.1, -0.05) is 30.3 Å². The maximum Gasteiger partial charge on any atom is 0.145 e. The van der Waals surface area contributed by atoms with Gasteiger partial charge in [-0.15, -0.1) is 12.6 Å². The van der Waals surface area contributed by atoms with Crippen molar-refractivity contribution in [2.75, 3.05) is 7.11 Å². The van der Waals surface area contributed by atoms with Crippen molar-refractivity contribution < 1.29 is 9.47 Å². The van der Waals surface area contributed by atoms with E-state index in [4.69, 9.17) is 9.47 Å². The Labute approximate surface area is 162 Å². The van der Waals surface area contributed by atoms with Gasteiger partial charge in [0, 0.05) is 18.7 Å². The van der Waals surface area contributed by atoms with E-state index in [9.17, 15) is 0 Å². The fraction of sp³-hybridized carbons (Fsp3) is 0.143. The molecule has 0 bridgehead atoms. The molecule has 4 rings (SSSR count). The Kier molecular flexibility index (Phi) is 4.98. The molecule has 1 unspecified atom stereocenters. The van der Waals surface area contributed by atoms with Crippen molar-refractivity contribution in [2.45, 2.75) is 11.9 Å². The Bertz CT molecular complexity index is 1020. The van der Waals surface area contributed by atoms with E-state index in [2.05, 4.69) is 39.7 Å². The molecule has 0 saturated heterocycles. The van der Waals surface area contributed by atoms with Gasteiger partial charge in [0.15, 0.2) is 0 Å². The van der Waals surface area contributed by atoms with Crippen LogP contribution >= 0.6 is 12.6 Å². The van der Waals surface area contributed by atoms with Crippen molar-refractivity contribution in [3.05, 3.63) is 72.6 Å². The van der Waals surface area contributed by atoms with Gasteiger partial charge in [-0.25, -0.2) is 4.98 Å². The second-order valence-electron chi connectivity index (χ2n) is 6.10. The molecule has 0 radical (unpaired) electrons. The van der Waals surface area contributed by atoms with E-state index < -0.39 is 0 Å². The number of hydrogen-bond donors (Lipinski definition) is 2. The highest BCUT2D eigenvalue weighted by molar-refractivity contribution is 7.80. The van der Waals surface area contributed by atoms with Gasteiger partial charge in [0.25, 0.3) is 0 Å². The fourth-order valence-corrected chi connectivity index (χ4v) is 3.24. The van der Waals surface area contributed by atoms with Crippen molar-refractivity contribution >= 4 is 23.7 Å². The lowest BCUT2D eigenvalue weighted by Gasteiger charge is -2.17. The summed E-state index contributed by atoms with van der Waals surface area (Å²) in [5.41, 5.74) is 3.44. The Morgan fingerprint density at radius 1 is 1.11 bits per heavy atom. The van der Waals surface area contributed by atoms with Crippen LogP contribution in [-0.2, 0) is 6.42 Å². The summed E-state index contributed by atoms with van der Waals surface area (Å²) in [6, 6.07) is 17.7. The number of hydrogen-bond acceptors (Lipinski definition) is 5. The number of ether oxygens (including phenoxy) is 2. The summed E-state index contributed by atoms with van der Waals surface area (Å²) in [7, 11) is 1.63. The Morgan fingerprint density at radius 3 is 2.74 bits per heavy atom. The first-order valence-corrected chi connectivity index (χ1v) is 9.11. The number of imidazole rings is 1. The van der Waals surface area contributed by atoms with Crippen LogP contribution in [0, 0.1) is 0 Å². The van der Waals surface area contributed by atoms with Gasteiger partial charge < -0.3 is 14.5 Å². The quantitative estimate of drug-likeness (QED) is 0.383. The highest BCUT2D eigenvalue weighted by Gasteiger charge is 2.15. The van der Waals surface area contributed by atoms with Gasteiger partial charge in [0.05, 0.1) is 24.4 Å². The van der Waals surface area contributed by atoms with E-state index in [-0.39, 0.29) is 5.44 Å². The number of aromatic amines is 1. The summed E-state index contributed by atoms with van der Waals surface area (Å²) in [6.45, 7) is 0. The Morgan fingerprint density at radius 2 is 1.96 bits per heavy atom. The minimum absolute atomic E-state index is 0.302. The van der Waals surface area contributed by atoms with Gasteiger partial charge in [0.2, 0.25) is 0 Å². The molecule has 0 amide bonds. The van der Waals surface area contributed by atoms with Crippen LogP contribution in [0.2, 0.25) is 0 Å². The van der Waals surface area contributed by atoms with E-state index in [1.807, 2.05) is 42.5 Å². The SMILES string of the molecule is COc1ccc(-c2nc3cnccc3[nH]2)c(OC(S)Cc2ccccc2)c1. The predicted octanol–water partition coefficient (Wildman–Crippen LogP) is 4.51. The lowest BCUT2D eigenvalue weighted by molar-refractivity contribution is 0.290. The number of aromatic nitrogens is 3. The van der Waals surface area contributed by atoms with Crippen molar-refractivity contribution in [1.82, 2.24) is 15.0 Å². The average molecular weight is 377 g/mol. The third-order valence-corrected chi connectivity index (χ3v) is 4.53. The van der Waals surface area contributed by atoms with Crippen molar-refractivity contribution in [2.24, 2.45) is 0 Å². The van der Waals surface area contributed by atoms with Crippen LogP contribution in [-0.4, -0.2) is 27.5 Å². The topological polar surface area (TPSA) is 60.0 Å². The summed E-state index contributed by atoms with van der Waals surface area (Å²) in [5, 5.41) is 0. The Hall–Kier alpha value is -2.99. The van der Waals surface area contributed by atoms with Crippen LogP contribution in [0.1, 0.15) is 5.56 Å². The molecule has 4 aromatic rings. The number of methoxy groups -OCH3 is 1. The molecule has 1 N–H and O–H groups in total. The zero-order valence-corrected chi connectivity index (χ0v) is 15.7. The van der Waals surface area contributed by atoms with Crippen LogP contribution in [0.3, 0.4) is 0 Å². The van der Waals surface area contributed by atoms with E-state index in [1.54, 1.807) is 19.5 Å². The largest absolute Gasteiger partial charge is 0.497 e. The number of benzene rings is 2. The first-order chi connectivity index (χ1) is 13.2. The molecule has 2 aromatic carbocycles. The normalized spacial score (nSPS) is 12.1. The summed E-state index contributed by atoms with van der Waals surface area (Å²) in [5.74, 6) is 2.10. The first kappa shape index (κ1) is 17.4. The summed E-state index contributed by atoms with van der Waals surface area (Å²) >= 11 is 4.62. The number of nitrogens with one attached hydrogen (secondary N) is 1. The van der Waals surface area contributed by atoms with Crippen LogP contribution in [0.4, 0.5) is 0 Å². The summed E-state index contributed by atoms with van der Waals surface area (Å²) in [6.07, 6.45) is 4.15. The molecule has 5 nitrogen and oxygen atoms in total. The second-order valence-corrected chi connectivity index (χ2v) is 6.68. The lowest BCUT2D eigenvalue weighted by atomic mass is 10.1. The maximum atomic E-state index is 6.15. The summed E-state index contributed by atoms with van der Waals surface area (Å²) < 4.78 is 11.5. The molecule has 2 heterocycles. The monoisotopic (exact) mass is 377 g/mol. The van der Waals surface area contributed by atoms with Crippen LogP contribution < -0.4 is 9.47 Å². The zero-order valence-electron chi connectivity index (χ0n) is 14.8. The number of thiol groups is 1. The van der Waals surface area contributed by atoms with Gasteiger partial charge in [-0.2, -0.15) is 0 Å². The van der Waals surface area contributed by atoms with Gasteiger partial charge in [-0.3, -0.25) is 4.98 Å². The molecule has 0 aliphatic heterocycles. The van der Waals surface area contributed by atoms with Crippen LogP contribution in [0.15, 0.2) is 67.0 Å². The smallest absolute Gasteiger partial charge is 0.145 e. The van der Waals surface area contributed by atoms with Gasteiger partial charge in [-0.05, 0) is 23.8 Å². The lowest BCUT2D eigenvalue weighted by Crippen LogP contribution is -2.13. The van der Waals surface area contributed by atoms with Gasteiger partial charge in [0.1, 0.15) is 28.3 Å². The average Bonchev–Trinajstić information content (AvgIpc) is 3.12. The molecular weight excluding hydrogens is 358 g/mol. The number of nitrogens with zero attached hydrogens (tertiary/aromatic N) is 2. The van der Waals surface area contributed by atoms with E-state index in [1.165, 1.54) is 0 Å². The summed E-state index contributed by atoms with van der Waals surface area (Å²) in [4.78, 5) is 12.1. The maximum absolute atomic E-state index is 6.15. The fourth-order valence-electron chi connectivity index (χ4n) is 2.91. The molecule has 136 valence electrons. The van der Waals surface area contributed by atoms with E-state index >= 15 is 0 Å². The third kappa shape index (κ3) is 3.90. The highest BCUT2D eigenvalue weighted by Crippen LogP contribution is 2.34. The first-order valence-electron chi connectivity index (χ1n) is 8.60. The molecule has 6 heteroatoms. The van der Waals surface area contributed by atoms with E-state index in [0.717, 1.165) is 28.0 Å². The molecular formula is C21H19N3O2S. The molecule has 0 spiro atoms. The Balaban J connectivity index is 1.66. The zero-order chi connectivity index (χ0) is 18.6. The minimum Gasteiger partial charge on any atom is -0.497 e. The molecule has 0 saturated carbocycles. The van der Waals surface area contributed by atoms with Crippen LogP contribution in [0.5, 0.6) is 11.5 Å².